The lowest BCUT2D eigenvalue weighted by Gasteiger charge is -2.14. The van der Waals surface area contributed by atoms with Gasteiger partial charge >= 0.3 is 0 Å². The Kier molecular flexibility index (Phi) is 8.26. The van der Waals surface area contributed by atoms with Crippen LogP contribution in [0.15, 0.2) is 10.3 Å². The van der Waals surface area contributed by atoms with Crippen LogP contribution in [0.2, 0.25) is 0 Å². The van der Waals surface area contributed by atoms with E-state index < -0.39 is 10.0 Å². The lowest BCUT2D eigenvalue weighted by atomic mass is 10.3. The van der Waals surface area contributed by atoms with Gasteiger partial charge in [-0.15, -0.1) is 11.3 Å². The van der Waals surface area contributed by atoms with Gasteiger partial charge in [-0.25, -0.2) is 13.1 Å². The van der Waals surface area contributed by atoms with Gasteiger partial charge in [0.15, 0.2) is 0 Å². The van der Waals surface area contributed by atoms with E-state index in [9.17, 15) is 8.42 Å². The fourth-order valence-electron chi connectivity index (χ4n) is 1.89. The zero-order chi connectivity index (χ0) is 15.9. The van der Waals surface area contributed by atoms with Gasteiger partial charge in [-0.2, -0.15) is 11.8 Å². The summed E-state index contributed by atoms with van der Waals surface area (Å²) in [6.45, 7) is 7.77. The molecule has 1 aromatic rings. The number of thiophene rings is 1. The standard InChI is InChI=1S/C14H26N2O2S3/c1-5-7-15-9-13-11(3)8-14(20-13)21(17,18)16-12(6-2)10-19-4/h8,12,15-16H,5-7,9-10H2,1-4H3. The van der Waals surface area contributed by atoms with Crippen molar-refractivity contribution in [1.29, 1.82) is 0 Å². The summed E-state index contributed by atoms with van der Waals surface area (Å²) in [5, 5.41) is 3.32. The lowest BCUT2D eigenvalue weighted by Crippen LogP contribution is -2.35. The molecule has 0 saturated carbocycles. The Bertz CT molecular complexity index is 526. The van der Waals surface area contributed by atoms with E-state index in [0.29, 0.717) is 4.21 Å². The maximum absolute atomic E-state index is 12.4. The Labute approximate surface area is 137 Å². The molecule has 0 fully saturated rings. The summed E-state index contributed by atoms with van der Waals surface area (Å²) in [4.78, 5) is 1.10. The third kappa shape index (κ3) is 5.90. The SMILES string of the molecule is CCCNCc1sc(S(=O)(=O)NC(CC)CSC)cc1C. The fourth-order valence-corrected chi connectivity index (χ4v) is 5.61. The molecule has 0 saturated heterocycles. The van der Waals surface area contributed by atoms with Gasteiger partial charge in [-0.1, -0.05) is 13.8 Å². The predicted molar refractivity (Wildman–Crippen MR) is 93.8 cm³/mol. The van der Waals surface area contributed by atoms with Crippen LogP contribution in [-0.4, -0.2) is 33.0 Å². The third-order valence-corrected chi connectivity index (χ3v) is 7.12. The Balaban J connectivity index is 2.81. The number of rotatable bonds is 10. The molecule has 122 valence electrons. The molecule has 21 heavy (non-hydrogen) atoms. The van der Waals surface area contributed by atoms with Gasteiger partial charge in [-0.05, 0) is 44.2 Å². The smallest absolute Gasteiger partial charge is 0.250 e. The molecule has 0 spiro atoms. The molecule has 0 bridgehead atoms. The lowest BCUT2D eigenvalue weighted by molar-refractivity contribution is 0.560. The van der Waals surface area contributed by atoms with Gasteiger partial charge in [0.25, 0.3) is 0 Å². The minimum atomic E-state index is -3.40. The fraction of sp³-hybridized carbons (Fsp3) is 0.714. The Hall–Kier alpha value is -0.0800. The van der Waals surface area contributed by atoms with E-state index in [1.165, 1.54) is 11.3 Å². The maximum atomic E-state index is 12.4. The number of thioether (sulfide) groups is 1. The molecule has 0 aromatic carbocycles. The van der Waals surface area contributed by atoms with E-state index in [4.69, 9.17) is 0 Å². The molecule has 7 heteroatoms. The van der Waals surface area contributed by atoms with Crippen LogP contribution in [0.5, 0.6) is 0 Å². The Morgan fingerprint density at radius 2 is 2.10 bits per heavy atom. The average molecular weight is 351 g/mol. The second-order valence-electron chi connectivity index (χ2n) is 5.03. The highest BCUT2D eigenvalue weighted by Crippen LogP contribution is 2.26. The molecular weight excluding hydrogens is 324 g/mol. The maximum Gasteiger partial charge on any atom is 0.250 e. The first-order valence-electron chi connectivity index (χ1n) is 7.25. The van der Waals surface area contributed by atoms with Crippen LogP contribution in [0.25, 0.3) is 0 Å². The van der Waals surface area contributed by atoms with Crippen molar-refractivity contribution >= 4 is 33.1 Å². The van der Waals surface area contributed by atoms with Crippen molar-refractivity contribution in [1.82, 2.24) is 10.0 Å². The first-order valence-corrected chi connectivity index (χ1v) is 10.9. The largest absolute Gasteiger partial charge is 0.312 e. The predicted octanol–water partition coefficient (Wildman–Crippen LogP) is 2.98. The van der Waals surface area contributed by atoms with Crippen molar-refractivity contribution in [3.05, 3.63) is 16.5 Å². The van der Waals surface area contributed by atoms with Crippen molar-refractivity contribution in [2.75, 3.05) is 18.6 Å². The van der Waals surface area contributed by atoms with Crippen LogP contribution in [0.3, 0.4) is 0 Å². The number of sulfonamides is 1. The number of aryl methyl sites for hydroxylation is 1. The quantitative estimate of drug-likeness (QED) is 0.637. The number of nitrogens with one attached hydrogen (secondary N) is 2. The zero-order valence-corrected chi connectivity index (χ0v) is 15.7. The summed E-state index contributed by atoms with van der Waals surface area (Å²) in [5.74, 6) is 0.797. The van der Waals surface area contributed by atoms with Gasteiger partial charge in [0.2, 0.25) is 10.0 Å². The minimum Gasteiger partial charge on any atom is -0.312 e. The van der Waals surface area contributed by atoms with Crippen LogP contribution in [-0.2, 0) is 16.6 Å². The van der Waals surface area contributed by atoms with Crippen molar-refractivity contribution in [3.8, 4) is 0 Å². The van der Waals surface area contributed by atoms with Crippen LogP contribution in [0.1, 0.15) is 37.1 Å². The second kappa shape index (κ2) is 9.15. The summed E-state index contributed by atoms with van der Waals surface area (Å²) >= 11 is 3.03. The van der Waals surface area contributed by atoms with Crippen molar-refractivity contribution in [3.63, 3.8) is 0 Å². The first-order chi connectivity index (χ1) is 9.94. The van der Waals surface area contributed by atoms with Crippen molar-refractivity contribution in [2.45, 2.75) is 50.4 Å². The van der Waals surface area contributed by atoms with E-state index in [2.05, 4.69) is 17.0 Å². The summed E-state index contributed by atoms with van der Waals surface area (Å²) in [6.07, 6.45) is 3.86. The molecule has 0 radical (unpaired) electrons. The Morgan fingerprint density at radius 1 is 1.38 bits per heavy atom. The Morgan fingerprint density at radius 3 is 2.67 bits per heavy atom. The van der Waals surface area contributed by atoms with E-state index in [1.54, 1.807) is 17.8 Å². The molecule has 0 amide bonds. The van der Waals surface area contributed by atoms with Crippen LogP contribution in [0, 0.1) is 6.92 Å². The molecule has 2 N–H and O–H groups in total. The molecule has 0 aliphatic heterocycles. The highest BCUT2D eigenvalue weighted by atomic mass is 32.2. The van der Waals surface area contributed by atoms with Gasteiger partial charge in [0.05, 0.1) is 0 Å². The van der Waals surface area contributed by atoms with Gasteiger partial charge < -0.3 is 5.32 Å². The molecule has 1 atom stereocenters. The summed E-state index contributed by atoms with van der Waals surface area (Å²) in [6, 6.07) is 1.77. The van der Waals surface area contributed by atoms with Gasteiger partial charge in [0, 0.05) is 23.2 Å². The van der Waals surface area contributed by atoms with E-state index in [-0.39, 0.29) is 6.04 Å². The topological polar surface area (TPSA) is 58.2 Å². The zero-order valence-electron chi connectivity index (χ0n) is 13.2. The van der Waals surface area contributed by atoms with E-state index in [1.807, 2.05) is 20.1 Å². The number of hydrogen-bond acceptors (Lipinski definition) is 5. The van der Waals surface area contributed by atoms with Crippen LogP contribution < -0.4 is 10.0 Å². The normalized spacial score (nSPS) is 13.5. The summed E-state index contributed by atoms with van der Waals surface area (Å²) in [7, 11) is -3.40. The van der Waals surface area contributed by atoms with Crippen molar-refractivity contribution in [2.24, 2.45) is 0 Å². The molecular formula is C14H26N2O2S3. The van der Waals surface area contributed by atoms with Crippen molar-refractivity contribution < 1.29 is 8.42 Å². The molecule has 1 unspecified atom stereocenters. The highest BCUT2D eigenvalue weighted by Gasteiger charge is 2.22. The number of hydrogen-bond donors (Lipinski definition) is 2. The first kappa shape index (κ1) is 19.0. The molecule has 1 rings (SSSR count). The van der Waals surface area contributed by atoms with E-state index >= 15 is 0 Å². The molecule has 0 aliphatic carbocycles. The molecule has 1 heterocycles. The second-order valence-corrected chi connectivity index (χ2v) is 9.02. The molecule has 0 aliphatic rings. The van der Waals surface area contributed by atoms with E-state index in [0.717, 1.165) is 42.1 Å². The summed E-state index contributed by atoms with van der Waals surface area (Å²) in [5.41, 5.74) is 1.04. The van der Waals surface area contributed by atoms with Crippen LogP contribution in [0.4, 0.5) is 0 Å². The molecule has 1 aromatic heterocycles. The minimum absolute atomic E-state index is 0.00549. The third-order valence-electron chi connectivity index (χ3n) is 3.16. The monoisotopic (exact) mass is 350 g/mol. The van der Waals surface area contributed by atoms with Crippen LogP contribution >= 0.6 is 23.1 Å². The average Bonchev–Trinajstić information content (AvgIpc) is 2.81. The molecule has 4 nitrogen and oxygen atoms in total. The van der Waals surface area contributed by atoms with Gasteiger partial charge in [-0.3, -0.25) is 0 Å². The van der Waals surface area contributed by atoms with Gasteiger partial charge in [0.1, 0.15) is 4.21 Å². The highest BCUT2D eigenvalue weighted by molar-refractivity contribution is 7.98. The summed E-state index contributed by atoms with van der Waals surface area (Å²) < 4.78 is 28.1.